The van der Waals surface area contributed by atoms with E-state index < -0.39 is 10.7 Å². The van der Waals surface area contributed by atoms with Gasteiger partial charge in [0.25, 0.3) is 0 Å². The van der Waals surface area contributed by atoms with Gasteiger partial charge in [-0.2, -0.15) is 0 Å². The summed E-state index contributed by atoms with van der Waals surface area (Å²) in [5.41, 5.74) is 2.82. The van der Waals surface area contributed by atoms with Crippen LogP contribution in [0.1, 0.15) is 31.4 Å². The molecule has 0 saturated heterocycles. The molecule has 0 bridgehead atoms. The van der Waals surface area contributed by atoms with E-state index in [1.807, 2.05) is 6.07 Å². The Bertz CT molecular complexity index is 424. The van der Waals surface area contributed by atoms with Crippen LogP contribution in [-0.2, 0) is 17.6 Å². The van der Waals surface area contributed by atoms with Crippen molar-refractivity contribution < 1.29 is 9.90 Å². The van der Waals surface area contributed by atoms with Gasteiger partial charge in [0.1, 0.15) is 4.75 Å². The number of carboxylic acids is 1. The fourth-order valence-corrected chi connectivity index (χ4v) is 2.96. The minimum Gasteiger partial charge on any atom is -0.480 e. The Kier molecular flexibility index (Phi) is 2.98. The van der Waals surface area contributed by atoms with Crippen LogP contribution in [-0.4, -0.2) is 15.8 Å². The minimum absolute atomic E-state index is 0.757. The highest BCUT2D eigenvalue weighted by Gasteiger charge is 2.28. The van der Waals surface area contributed by atoms with Crippen molar-refractivity contribution in [3.8, 4) is 0 Å². The Morgan fingerprint density at radius 1 is 1.31 bits per heavy atom. The second-order valence-corrected chi connectivity index (χ2v) is 6.40. The standard InChI is InChI=1S/C13H16O2S/c1-13(2,12(14)15)16-11-7-6-9-4-3-5-10(9)8-11/h6-8H,3-5H2,1-2H3,(H,14,15). The van der Waals surface area contributed by atoms with Gasteiger partial charge in [0.05, 0.1) is 0 Å². The van der Waals surface area contributed by atoms with E-state index in [1.54, 1.807) is 13.8 Å². The lowest BCUT2D eigenvalue weighted by Crippen LogP contribution is -2.26. The molecule has 16 heavy (non-hydrogen) atoms. The first-order valence-corrected chi connectivity index (χ1v) is 6.35. The van der Waals surface area contributed by atoms with E-state index >= 15 is 0 Å². The molecule has 0 fully saturated rings. The number of benzene rings is 1. The van der Waals surface area contributed by atoms with Crippen molar-refractivity contribution in [1.82, 2.24) is 0 Å². The van der Waals surface area contributed by atoms with Crippen LogP contribution >= 0.6 is 11.8 Å². The molecule has 0 aliphatic heterocycles. The van der Waals surface area contributed by atoms with Gasteiger partial charge in [0, 0.05) is 4.90 Å². The molecule has 0 aromatic heterocycles. The highest BCUT2D eigenvalue weighted by molar-refractivity contribution is 8.01. The summed E-state index contributed by atoms with van der Waals surface area (Å²) in [6.45, 7) is 3.49. The first kappa shape index (κ1) is 11.5. The average Bonchev–Trinajstić information content (AvgIpc) is 2.63. The number of hydrogen-bond acceptors (Lipinski definition) is 2. The fourth-order valence-electron chi connectivity index (χ4n) is 1.95. The summed E-state index contributed by atoms with van der Waals surface area (Å²) >= 11 is 1.42. The molecule has 1 aromatic rings. The van der Waals surface area contributed by atoms with Gasteiger partial charge in [-0.3, -0.25) is 4.79 Å². The average molecular weight is 236 g/mol. The molecule has 1 N–H and O–H groups in total. The summed E-state index contributed by atoms with van der Waals surface area (Å²) in [7, 11) is 0. The van der Waals surface area contributed by atoms with E-state index in [0.717, 1.165) is 11.3 Å². The third kappa shape index (κ3) is 2.24. The Morgan fingerprint density at radius 2 is 2.00 bits per heavy atom. The Hall–Kier alpha value is -0.960. The van der Waals surface area contributed by atoms with Crippen LogP contribution in [0.25, 0.3) is 0 Å². The number of fused-ring (bicyclic) bond motifs is 1. The topological polar surface area (TPSA) is 37.3 Å². The van der Waals surface area contributed by atoms with Crippen LogP contribution in [0.15, 0.2) is 23.1 Å². The second-order valence-electron chi connectivity index (χ2n) is 4.70. The minimum atomic E-state index is -0.766. The zero-order valence-electron chi connectivity index (χ0n) is 9.62. The van der Waals surface area contributed by atoms with Gasteiger partial charge < -0.3 is 5.11 Å². The largest absolute Gasteiger partial charge is 0.480 e. The van der Waals surface area contributed by atoms with Crippen LogP contribution in [0.5, 0.6) is 0 Å². The third-order valence-corrected chi connectivity index (χ3v) is 4.13. The van der Waals surface area contributed by atoms with E-state index in [2.05, 4.69) is 12.1 Å². The number of carbonyl (C=O) groups is 1. The van der Waals surface area contributed by atoms with Gasteiger partial charge in [-0.1, -0.05) is 6.07 Å². The van der Waals surface area contributed by atoms with Gasteiger partial charge in [0.2, 0.25) is 0 Å². The molecule has 0 saturated carbocycles. The number of hydrogen-bond donors (Lipinski definition) is 1. The smallest absolute Gasteiger partial charge is 0.319 e. The molecule has 0 unspecified atom stereocenters. The van der Waals surface area contributed by atoms with E-state index in [-0.39, 0.29) is 0 Å². The summed E-state index contributed by atoms with van der Waals surface area (Å²) in [4.78, 5) is 12.1. The van der Waals surface area contributed by atoms with Gasteiger partial charge in [-0.05, 0) is 56.4 Å². The van der Waals surface area contributed by atoms with Crippen molar-refractivity contribution in [2.45, 2.75) is 42.8 Å². The molecule has 0 amide bonds. The fraction of sp³-hybridized carbons (Fsp3) is 0.462. The number of aryl methyl sites for hydroxylation is 2. The Balaban J connectivity index is 2.20. The molecule has 1 aromatic carbocycles. The molecule has 0 atom stereocenters. The Labute approximate surface area is 100 Å². The quantitative estimate of drug-likeness (QED) is 0.819. The molecule has 0 spiro atoms. The van der Waals surface area contributed by atoms with Crippen molar-refractivity contribution in [2.24, 2.45) is 0 Å². The molecule has 3 heteroatoms. The van der Waals surface area contributed by atoms with E-state index in [9.17, 15) is 4.79 Å². The molecule has 1 aliphatic carbocycles. The predicted octanol–water partition coefficient (Wildman–Crippen LogP) is 3.13. The van der Waals surface area contributed by atoms with Gasteiger partial charge in [-0.15, -0.1) is 11.8 Å². The first-order chi connectivity index (χ1) is 7.49. The number of rotatable bonds is 3. The van der Waals surface area contributed by atoms with E-state index in [0.29, 0.717) is 0 Å². The maximum atomic E-state index is 11.0. The SMILES string of the molecule is CC(C)(Sc1ccc2c(c1)CCC2)C(=O)O. The van der Waals surface area contributed by atoms with Crippen molar-refractivity contribution in [3.05, 3.63) is 29.3 Å². The normalized spacial score (nSPS) is 14.9. The molecular formula is C13H16O2S. The van der Waals surface area contributed by atoms with Crippen LogP contribution in [0.4, 0.5) is 0 Å². The highest BCUT2D eigenvalue weighted by Crippen LogP contribution is 2.35. The molecule has 1 aliphatic rings. The summed E-state index contributed by atoms with van der Waals surface area (Å²) < 4.78 is -0.757. The third-order valence-electron chi connectivity index (χ3n) is 2.96. The summed E-state index contributed by atoms with van der Waals surface area (Å²) in [5.74, 6) is -0.766. The van der Waals surface area contributed by atoms with Gasteiger partial charge >= 0.3 is 5.97 Å². The lowest BCUT2D eigenvalue weighted by molar-refractivity contribution is -0.138. The first-order valence-electron chi connectivity index (χ1n) is 5.53. The van der Waals surface area contributed by atoms with Crippen LogP contribution in [0.3, 0.4) is 0 Å². The van der Waals surface area contributed by atoms with Crippen LogP contribution in [0.2, 0.25) is 0 Å². The predicted molar refractivity (Wildman–Crippen MR) is 66.0 cm³/mol. The Morgan fingerprint density at radius 3 is 2.69 bits per heavy atom. The lowest BCUT2D eigenvalue weighted by Gasteiger charge is -2.18. The second kappa shape index (κ2) is 4.13. The summed E-state index contributed by atoms with van der Waals surface area (Å²) in [5, 5.41) is 9.08. The van der Waals surface area contributed by atoms with E-state index in [1.165, 1.54) is 35.7 Å². The van der Waals surface area contributed by atoms with Crippen molar-refractivity contribution in [2.75, 3.05) is 0 Å². The molecule has 0 heterocycles. The molecule has 2 rings (SSSR count). The van der Waals surface area contributed by atoms with Gasteiger partial charge in [0.15, 0.2) is 0 Å². The zero-order chi connectivity index (χ0) is 11.8. The zero-order valence-corrected chi connectivity index (χ0v) is 10.4. The number of carboxylic acid groups (broad SMARTS) is 1. The van der Waals surface area contributed by atoms with E-state index in [4.69, 9.17) is 5.11 Å². The monoisotopic (exact) mass is 236 g/mol. The molecule has 0 radical (unpaired) electrons. The maximum Gasteiger partial charge on any atom is 0.319 e. The number of aliphatic carboxylic acids is 1. The van der Waals surface area contributed by atoms with Gasteiger partial charge in [-0.25, -0.2) is 0 Å². The number of thioether (sulfide) groups is 1. The van der Waals surface area contributed by atoms with Crippen molar-refractivity contribution in [3.63, 3.8) is 0 Å². The van der Waals surface area contributed by atoms with Crippen molar-refractivity contribution in [1.29, 1.82) is 0 Å². The summed E-state index contributed by atoms with van der Waals surface area (Å²) in [6.07, 6.45) is 3.53. The molecular weight excluding hydrogens is 220 g/mol. The summed E-state index contributed by atoms with van der Waals surface area (Å²) in [6, 6.07) is 6.33. The van der Waals surface area contributed by atoms with Crippen LogP contribution in [0, 0.1) is 0 Å². The highest BCUT2D eigenvalue weighted by atomic mass is 32.2. The van der Waals surface area contributed by atoms with Crippen LogP contribution < -0.4 is 0 Å². The molecule has 86 valence electrons. The van der Waals surface area contributed by atoms with Crippen molar-refractivity contribution >= 4 is 17.7 Å². The molecule has 2 nitrogen and oxygen atoms in total. The maximum absolute atomic E-state index is 11.0. The lowest BCUT2D eigenvalue weighted by atomic mass is 10.1.